The molecule has 1 fully saturated rings. The molecule has 2 rings (SSSR count). The van der Waals surface area contributed by atoms with Gasteiger partial charge >= 0.3 is 0 Å². The molecule has 1 amide bonds. The third kappa shape index (κ3) is 2.90. The topological polar surface area (TPSA) is 41.1 Å². The van der Waals surface area contributed by atoms with Crippen molar-refractivity contribution in [1.82, 2.24) is 5.32 Å². The number of amides is 1. The van der Waals surface area contributed by atoms with Crippen molar-refractivity contribution in [2.24, 2.45) is 5.41 Å². The molecule has 0 bridgehead atoms. The molecule has 0 saturated carbocycles. The average Bonchev–Trinajstić information content (AvgIpc) is 2.33. The molecule has 0 aromatic heterocycles. The fourth-order valence-electron chi connectivity index (χ4n) is 2.07. The van der Waals surface area contributed by atoms with Crippen LogP contribution in [-0.4, -0.2) is 19.0 Å². The van der Waals surface area contributed by atoms with Crippen LogP contribution in [-0.2, 0) is 4.79 Å². The zero-order valence-corrected chi connectivity index (χ0v) is 11.8. The lowest BCUT2D eigenvalue weighted by atomic mass is 9.80. The molecule has 18 heavy (non-hydrogen) atoms. The molecule has 3 nitrogen and oxygen atoms in total. The molecule has 1 aliphatic heterocycles. The third-order valence-electron chi connectivity index (χ3n) is 3.43. The van der Waals surface area contributed by atoms with E-state index in [1.54, 1.807) is 6.07 Å². The second-order valence-corrected chi connectivity index (χ2v) is 5.74. The molecule has 2 N–H and O–H groups in total. The van der Waals surface area contributed by atoms with Crippen LogP contribution in [0.4, 0.5) is 10.1 Å². The van der Waals surface area contributed by atoms with Crippen LogP contribution in [0.25, 0.3) is 0 Å². The zero-order chi connectivity index (χ0) is 13.2. The number of piperidine rings is 1. The number of anilines is 1. The maximum absolute atomic E-state index is 13.0. The normalized spacial score (nSPS) is 18.4. The van der Waals surface area contributed by atoms with E-state index in [2.05, 4.69) is 26.6 Å². The van der Waals surface area contributed by atoms with E-state index in [9.17, 15) is 9.18 Å². The van der Waals surface area contributed by atoms with Gasteiger partial charge in [0, 0.05) is 9.89 Å². The van der Waals surface area contributed by atoms with E-state index in [-0.39, 0.29) is 17.1 Å². The molecule has 1 aromatic carbocycles. The SMILES string of the molecule is CC1(C(=O)Nc2ccc(F)cc2Br)CCNCC1. The number of halogens is 2. The van der Waals surface area contributed by atoms with E-state index in [1.807, 2.05) is 6.92 Å². The lowest BCUT2D eigenvalue weighted by Crippen LogP contribution is -2.42. The summed E-state index contributed by atoms with van der Waals surface area (Å²) >= 11 is 3.25. The minimum atomic E-state index is -0.348. The molecule has 1 heterocycles. The summed E-state index contributed by atoms with van der Waals surface area (Å²) in [6.07, 6.45) is 1.63. The lowest BCUT2D eigenvalue weighted by Gasteiger charge is -2.32. The second kappa shape index (κ2) is 5.36. The van der Waals surface area contributed by atoms with E-state index in [4.69, 9.17) is 0 Å². The first-order chi connectivity index (χ1) is 8.51. The molecular weight excluding hydrogens is 299 g/mol. The number of hydrogen-bond donors (Lipinski definition) is 2. The number of carbonyl (C=O) groups excluding carboxylic acids is 1. The molecule has 98 valence electrons. The first-order valence-corrected chi connectivity index (χ1v) is 6.78. The van der Waals surface area contributed by atoms with Crippen molar-refractivity contribution in [2.45, 2.75) is 19.8 Å². The number of rotatable bonds is 2. The van der Waals surface area contributed by atoms with Crippen LogP contribution in [0, 0.1) is 11.2 Å². The van der Waals surface area contributed by atoms with Gasteiger partial charge in [0.2, 0.25) is 5.91 Å². The monoisotopic (exact) mass is 314 g/mol. The standard InChI is InChI=1S/C13H16BrFN2O/c1-13(4-6-16-7-5-13)12(18)17-11-3-2-9(15)8-10(11)14/h2-3,8,16H,4-7H2,1H3,(H,17,18). The van der Waals surface area contributed by atoms with E-state index in [0.717, 1.165) is 25.9 Å². The van der Waals surface area contributed by atoms with Gasteiger partial charge in [-0.25, -0.2) is 4.39 Å². The minimum Gasteiger partial charge on any atom is -0.325 e. The molecule has 0 aliphatic carbocycles. The van der Waals surface area contributed by atoms with Crippen LogP contribution < -0.4 is 10.6 Å². The summed E-state index contributed by atoms with van der Waals surface area (Å²) in [5, 5.41) is 6.11. The predicted octanol–water partition coefficient (Wildman–Crippen LogP) is 2.92. The highest BCUT2D eigenvalue weighted by Gasteiger charge is 2.34. The summed E-state index contributed by atoms with van der Waals surface area (Å²) in [5.74, 6) is -0.329. The fourth-order valence-corrected chi connectivity index (χ4v) is 2.52. The summed E-state index contributed by atoms with van der Waals surface area (Å²) in [5.41, 5.74) is 0.264. The van der Waals surface area contributed by atoms with Gasteiger partial charge in [-0.1, -0.05) is 6.92 Å². The molecule has 1 aliphatic rings. The Morgan fingerprint density at radius 1 is 1.44 bits per heavy atom. The Labute approximate surface area is 114 Å². The van der Waals surface area contributed by atoms with E-state index in [1.165, 1.54) is 12.1 Å². The summed E-state index contributed by atoms with van der Waals surface area (Å²) in [6, 6.07) is 4.26. The minimum absolute atomic E-state index is 0.00342. The van der Waals surface area contributed by atoms with Gasteiger partial charge in [0.25, 0.3) is 0 Å². The van der Waals surface area contributed by atoms with Crippen LogP contribution in [0.2, 0.25) is 0 Å². The molecule has 1 saturated heterocycles. The second-order valence-electron chi connectivity index (χ2n) is 4.89. The van der Waals surface area contributed by atoms with E-state index >= 15 is 0 Å². The molecule has 0 unspecified atom stereocenters. The van der Waals surface area contributed by atoms with Crippen LogP contribution in [0.15, 0.2) is 22.7 Å². The van der Waals surface area contributed by atoms with Gasteiger partial charge in [-0.05, 0) is 60.1 Å². The number of hydrogen-bond acceptors (Lipinski definition) is 2. The summed E-state index contributed by atoms with van der Waals surface area (Å²) < 4.78 is 13.5. The van der Waals surface area contributed by atoms with Crippen molar-refractivity contribution >= 4 is 27.5 Å². The van der Waals surface area contributed by atoms with Crippen molar-refractivity contribution < 1.29 is 9.18 Å². The quantitative estimate of drug-likeness (QED) is 0.881. The van der Waals surface area contributed by atoms with E-state index in [0.29, 0.717) is 10.2 Å². The highest BCUT2D eigenvalue weighted by molar-refractivity contribution is 9.10. The highest BCUT2D eigenvalue weighted by atomic mass is 79.9. The Morgan fingerprint density at radius 3 is 2.72 bits per heavy atom. The molecule has 0 spiro atoms. The molecule has 0 radical (unpaired) electrons. The van der Waals surface area contributed by atoms with Crippen LogP contribution in [0.1, 0.15) is 19.8 Å². The maximum atomic E-state index is 13.0. The first kappa shape index (κ1) is 13.5. The summed E-state index contributed by atoms with van der Waals surface area (Å²) in [7, 11) is 0. The van der Waals surface area contributed by atoms with E-state index < -0.39 is 0 Å². The Bertz CT molecular complexity index is 458. The van der Waals surface area contributed by atoms with Gasteiger partial charge in [0.15, 0.2) is 0 Å². The van der Waals surface area contributed by atoms with Gasteiger partial charge in [-0.2, -0.15) is 0 Å². The third-order valence-corrected chi connectivity index (χ3v) is 4.09. The predicted molar refractivity (Wildman–Crippen MR) is 72.9 cm³/mol. The number of carbonyl (C=O) groups is 1. The van der Waals surface area contributed by atoms with Gasteiger partial charge in [0.1, 0.15) is 5.82 Å². The molecular formula is C13H16BrFN2O. The highest BCUT2D eigenvalue weighted by Crippen LogP contribution is 2.31. The fraction of sp³-hybridized carbons (Fsp3) is 0.462. The Hall–Kier alpha value is -0.940. The first-order valence-electron chi connectivity index (χ1n) is 5.98. The van der Waals surface area contributed by atoms with Gasteiger partial charge in [0.05, 0.1) is 5.69 Å². The summed E-state index contributed by atoms with van der Waals surface area (Å²) in [6.45, 7) is 3.68. The molecule has 0 atom stereocenters. The van der Waals surface area contributed by atoms with Crippen LogP contribution in [0.3, 0.4) is 0 Å². The lowest BCUT2D eigenvalue weighted by molar-refractivity contribution is -0.126. The zero-order valence-electron chi connectivity index (χ0n) is 10.2. The van der Waals surface area contributed by atoms with Gasteiger partial charge < -0.3 is 10.6 Å². The van der Waals surface area contributed by atoms with Crippen molar-refractivity contribution in [3.05, 3.63) is 28.5 Å². The Kier molecular flexibility index (Phi) is 4.02. The van der Waals surface area contributed by atoms with Crippen molar-refractivity contribution in [3.63, 3.8) is 0 Å². The smallest absolute Gasteiger partial charge is 0.230 e. The number of nitrogens with one attached hydrogen (secondary N) is 2. The average molecular weight is 315 g/mol. The Balaban J connectivity index is 2.11. The number of benzene rings is 1. The molecule has 5 heteroatoms. The molecule has 1 aromatic rings. The van der Waals surface area contributed by atoms with Crippen LogP contribution >= 0.6 is 15.9 Å². The Morgan fingerprint density at radius 2 is 2.11 bits per heavy atom. The van der Waals surface area contributed by atoms with Gasteiger partial charge in [-0.3, -0.25) is 4.79 Å². The van der Waals surface area contributed by atoms with Crippen molar-refractivity contribution in [1.29, 1.82) is 0 Å². The van der Waals surface area contributed by atoms with Crippen LogP contribution in [0.5, 0.6) is 0 Å². The van der Waals surface area contributed by atoms with Gasteiger partial charge in [-0.15, -0.1) is 0 Å². The van der Waals surface area contributed by atoms with Crippen molar-refractivity contribution in [3.8, 4) is 0 Å². The summed E-state index contributed by atoms with van der Waals surface area (Å²) in [4.78, 5) is 12.3. The van der Waals surface area contributed by atoms with Crippen molar-refractivity contribution in [2.75, 3.05) is 18.4 Å². The largest absolute Gasteiger partial charge is 0.325 e. The maximum Gasteiger partial charge on any atom is 0.230 e.